The minimum absolute atomic E-state index is 0.222. The molecule has 14 heavy (non-hydrogen) atoms. The van der Waals surface area contributed by atoms with Crippen LogP contribution in [0.5, 0.6) is 0 Å². The second kappa shape index (κ2) is 5.62. The minimum Gasteiger partial charge on any atom is -0.748 e. The van der Waals surface area contributed by atoms with E-state index >= 15 is 0 Å². The van der Waals surface area contributed by atoms with Crippen LogP contribution in [-0.2, 0) is 10.1 Å². The number of rotatable bonds is 2. The average Bonchev–Trinajstić information content (AvgIpc) is 1.82. The van der Waals surface area contributed by atoms with Crippen molar-refractivity contribution in [1.82, 2.24) is 0 Å². The van der Waals surface area contributed by atoms with Crippen molar-refractivity contribution in [3.8, 4) is 0 Å². The molecule has 0 aliphatic carbocycles. The second-order valence-electron chi connectivity index (χ2n) is 3.60. The Morgan fingerprint density at radius 2 is 1.29 bits per heavy atom. The van der Waals surface area contributed by atoms with Crippen LogP contribution in [0.3, 0.4) is 0 Å². The van der Waals surface area contributed by atoms with E-state index in [2.05, 4.69) is 0 Å². The predicted molar refractivity (Wildman–Crippen MR) is 51.1 cm³/mol. The Labute approximate surface area is 85.1 Å². The molecule has 0 aromatic rings. The predicted octanol–water partition coefficient (Wildman–Crippen LogP) is -1.10. The lowest BCUT2D eigenvalue weighted by atomic mass is 10.4. The molecule has 0 heterocycles. The monoisotopic (exact) mass is 229 g/mol. The Balaban J connectivity index is 0. The van der Waals surface area contributed by atoms with Gasteiger partial charge in [0.05, 0.1) is 24.2 Å². The Morgan fingerprint density at radius 3 is 1.29 bits per heavy atom. The van der Waals surface area contributed by atoms with Crippen LogP contribution in [0.4, 0.5) is 0 Å². The highest BCUT2D eigenvalue weighted by atomic mass is 32.2. The lowest BCUT2D eigenvalue weighted by Crippen LogP contribution is -2.53. The van der Waals surface area contributed by atoms with Gasteiger partial charge in [-0.1, -0.05) is 0 Å². The molecule has 6 nitrogen and oxygen atoms in total. The highest BCUT2D eigenvalue weighted by Gasteiger charge is 2.26. The molecule has 2 N–H and O–H groups in total. The summed E-state index contributed by atoms with van der Waals surface area (Å²) in [5, 5.41) is 18.1. The molecule has 0 saturated carbocycles. The van der Waals surface area contributed by atoms with Crippen molar-refractivity contribution in [1.29, 1.82) is 0 Å². The van der Waals surface area contributed by atoms with Gasteiger partial charge in [-0.05, 0) is 0 Å². The number of hydrogen-bond acceptors (Lipinski definition) is 5. The van der Waals surface area contributed by atoms with Gasteiger partial charge in [0.15, 0.2) is 12.5 Å². The van der Waals surface area contributed by atoms with E-state index in [0.29, 0.717) is 6.26 Å². The number of aliphatic hydroxyl groups excluding tert-OH is 2. The maximum absolute atomic E-state index is 9.08. The van der Waals surface area contributed by atoms with E-state index in [1.54, 1.807) is 27.9 Å². The molecular weight excluding hydrogens is 210 g/mol. The summed E-state index contributed by atoms with van der Waals surface area (Å²) in [6.45, 7) is 3.32. The molecule has 0 spiro atoms. The zero-order valence-electron chi connectivity index (χ0n) is 9.13. The fourth-order valence-electron chi connectivity index (χ4n) is 0.312. The molecule has 0 bridgehead atoms. The topological polar surface area (TPSA) is 97.7 Å². The fraction of sp³-hybridized carbons (Fsp3) is 1.00. The molecule has 0 radical (unpaired) electrons. The van der Waals surface area contributed by atoms with Crippen LogP contribution >= 0.6 is 0 Å². The van der Waals surface area contributed by atoms with Gasteiger partial charge in [-0.15, -0.1) is 0 Å². The lowest BCUT2D eigenvalue weighted by Gasteiger charge is -2.35. The van der Waals surface area contributed by atoms with Gasteiger partial charge < -0.3 is 14.8 Å². The molecule has 0 aromatic heterocycles. The number of quaternary nitrogens is 1. The van der Waals surface area contributed by atoms with Gasteiger partial charge in [0.2, 0.25) is 0 Å². The van der Waals surface area contributed by atoms with Crippen LogP contribution in [0.1, 0.15) is 13.8 Å². The van der Waals surface area contributed by atoms with Crippen LogP contribution in [-0.4, -0.2) is 60.5 Å². The molecule has 0 amide bonds. The first-order valence-electron chi connectivity index (χ1n) is 3.99. The van der Waals surface area contributed by atoms with Crippen molar-refractivity contribution in [3.63, 3.8) is 0 Å². The minimum atomic E-state index is -3.92. The van der Waals surface area contributed by atoms with Gasteiger partial charge >= 0.3 is 0 Å². The highest BCUT2D eigenvalue weighted by molar-refractivity contribution is 7.84. The fourth-order valence-corrected chi connectivity index (χ4v) is 0.312. The van der Waals surface area contributed by atoms with E-state index in [1.165, 1.54) is 0 Å². The molecule has 2 unspecified atom stereocenters. The quantitative estimate of drug-likeness (QED) is 0.356. The van der Waals surface area contributed by atoms with E-state index in [0.717, 1.165) is 0 Å². The van der Waals surface area contributed by atoms with Crippen molar-refractivity contribution in [3.05, 3.63) is 0 Å². The summed E-state index contributed by atoms with van der Waals surface area (Å²) < 4.78 is 27.5. The summed E-state index contributed by atoms with van der Waals surface area (Å²) >= 11 is 0. The van der Waals surface area contributed by atoms with E-state index in [-0.39, 0.29) is 4.48 Å². The third kappa shape index (κ3) is 9.87. The van der Waals surface area contributed by atoms with Crippen molar-refractivity contribution in [2.75, 3.05) is 20.4 Å². The largest absolute Gasteiger partial charge is 0.748 e. The Morgan fingerprint density at radius 1 is 1.14 bits per heavy atom. The Kier molecular flexibility index (Phi) is 6.51. The Hall–Kier alpha value is -0.210. The van der Waals surface area contributed by atoms with Crippen molar-refractivity contribution in [2.45, 2.75) is 26.3 Å². The maximum atomic E-state index is 9.08. The van der Waals surface area contributed by atoms with Gasteiger partial charge in [0.1, 0.15) is 0 Å². The SMILES string of the molecule is CC(O)[N+](C)(C)C(C)O.CS(=O)(=O)[O-]. The van der Waals surface area contributed by atoms with Crippen LogP contribution in [0, 0.1) is 0 Å². The second-order valence-corrected chi connectivity index (χ2v) is 5.01. The van der Waals surface area contributed by atoms with Crippen LogP contribution < -0.4 is 0 Å². The van der Waals surface area contributed by atoms with Crippen LogP contribution in [0.15, 0.2) is 0 Å². The summed E-state index contributed by atoms with van der Waals surface area (Å²) in [6.07, 6.45) is -0.442. The normalized spacial score (nSPS) is 16.6. The third-order valence-electron chi connectivity index (χ3n) is 1.93. The molecule has 0 aliphatic heterocycles. The third-order valence-corrected chi connectivity index (χ3v) is 1.93. The van der Waals surface area contributed by atoms with Crippen LogP contribution in [0.25, 0.3) is 0 Å². The zero-order chi connectivity index (χ0) is 12.2. The summed E-state index contributed by atoms with van der Waals surface area (Å²) in [5.41, 5.74) is 0. The smallest absolute Gasteiger partial charge is 0.189 e. The molecule has 0 saturated heterocycles. The number of aliphatic hydroxyl groups is 2. The number of hydrogen-bond donors (Lipinski definition) is 2. The number of nitrogens with zero attached hydrogens (tertiary/aromatic N) is 1. The van der Waals surface area contributed by atoms with Gasteiger partial charge in [0.25, 0.3) is 0 Å². The van der Waals surface area contributed by atoms with Crippen LogP contribution in [0.2, 0.25) is 0 Å². The van der Waals surface area contributed by atoms with Gasteiger partial charge in [-0.3, -0.25) is 4.48 Å². The average molecular weight is 229 g/mol. The van der Waals surface area contributed by atoms with E-state index < -0.39 is 22.6 Å². The van der Waals surface area contributed by atoms with Crippen molar-refractivity contribution in [2.24, 2.45) is 0 Å². The highest BCUT2D eigenvalue weighted by Crippen LogP contribution is 2.07. The molecule has 0 rings (SSSR count). The molecule has 0 fully saturated rings. The first-order chi connectivity index (χ1) is 5.89. The molecular formula is C7H19NO5S. The Bertz CT molecular complexity index is 227. The standard InChI is InChI=1S/C6H16NO2.CH4O3S/c1-5(8)7(3,4)6(2)9;1-5(2,3)4/h5-6,8-9H,1-4H3;1H3,(H,2,3,4)/q+1;/p-1. The first kappa shape index (κ1) is 16.2. The molecule has 7 heteroatoms. The summed E-state index contributed by atoms with van der Waals surface area (Å²) in [4.78, 5) is 0. The van der Waals surface area contributed by atoms with Gasteiger partial charge in [-0.2, -0.15) is 0 Å². The van der Waals surface area contributed by atoms with E-state index in [4.69, 9.17) is 23.2 Å². The molecule has 2 atom stereocenters. The molecule has 88 valence electrons. The van der Waals surface area contributed by atoms with Gasteiger partial charge in [-0.25, -0.2) is 8.42 Å². The van der Waals surface area contributed by atoms with E-state index in [1.807, 2.05) is 0 Å². The van der Waals surface area contributed by atoms with E-state index in [9.17, 15) is 0 Å². The van der Waals surface area contributed by atoms with Gasteiger partial charge in [0, 0.05) is 20.1 Å². The van der Waals surface area contributed by atoms with Crippen molar-refractivity contribution < 1.29 is 27.7 Å². The maximum Gasteiger partial charge on any atom is 0.189 e. The van der Waals surface area contributed by atoms with Crippen molar-refractivity contribution >= 4 is 10.1 Å². The molecule has 0 aliphatic rings. The lowest BCUT2D eigenvalue weighted by molar-refractivity contribution is -0.974. The molecule has 0 aromatic carbocycles. The zero-order valence-corrected chi connectivity index (χ0v) is 9.95. The summed E-state index contributed by atoms with van der Waals surface area (Å²) in [5.74, 6) is 0. The first-order valence-corrected chi connectivity index (χ1v) is 5.81. The summed E-state index contributed by atoms with van der Waals surface area (Å²) in [7, 11) is -0.370. The summed E-state index contributed by atoms with van der Waals surface area (Å²) in [6, 6.07) is 0.